The van der Waals surface area contributed by atoms with Crippen molar-refractivity contribution in [1.29, 1.82) is 0 Å². The van der Waals surface area contributed by atoms with Crippen molar-refractivity contribution in [2.45, 2.75) is 45.2 Å². The van der Waals surface area contributed by atoms with Crippen LogP contribution in [0.15, 0.2) is 0 Å². The van der Waals surface area contributed by atoms with E-state index in [-0.39, 0.29) is 35.9 Å². The lowest BCUT2D eigenvalue weighted by Gasteiger charge is -2.17. The second-order valence-electron chi connectivity index (χ2n) is 5.58. The Kier molecular flexibility index (Phi) is 13.3. The summed E-state index contributed by atoms with van der Waals surface area (Å²) < 4.78 is 0. The Bertz CT molecular complexity index is 462. The number of ketones is 1. The van der Waals surface area contributed by atoms with Crippen LogP contribution in [0.1, 0.15) is 33.1 Å². The zero-order valence-corrected chi connectivity index (χ0v) is 16.7. The minimum Gasteiger partial charge on any atom is -0.354 e. The Hall–Kier alpha value is -1.23. The van der Waals surface area contributed by atoms with Gasteiger partial charge in [-0.2, -0.15) is 12.6 Å². The third-order valence-corrected chi connectivity index (χ3v) is 3.87. The highest BCUT2D eigenvalue weighted by Crippen LogP contribution is 2.01. The third-order valence-electron chi connectivity index (χ3n) is 3.41. The van der Waals surface area contributed by atoms with E-state index in [1.807, 2.05) is 0 Å². The van der Waals surface area contributed by atoms with Gasteiger partial charge in [0.1, 0.15) is 11.8 Å². The molecule has 144 valence electrons. The molecule has 0 aliphatic carbocycles. The number of nitrogens with one attached hydrogen (secondary N) is 5. The van der Waals surface area contributed by atoms with Gasteiger partial charge in [0.15, 0.2) is 0 Å². The molecule has 8 nitrogen and oxygen atoms in total. The molecule has 0 radical (unpaired) electrons. The summed E-state index contributed by atoms with van der Waals surface area (Å²) in [6.07, 6.45) is 2.30. The highest BCUT2D eigenvalue weighted by Gasteiger charge is 2.18. The number of hydrazine groups is 1. The monoisotopic (exact) mass is 391 g/mol. The van der Waals surface area contributed by atoms with Crippen LogP contribution in [-0.4, -0.2) is 60.6 Å². The van der Waals surface area contributed by atoms with Crippen molar-refractivity contribution >= 4 is 47.4 Å². The van der Waals surface area contributed by atoms with Gasteiger partial charge in [-0.05, 0) is 40.2 Å². The predicted octanol–water partition coefficient (Wildman–Crippen LogP) is -0.694. The minimum atomic E-state index is -0.700. The van der Waals surface area contributed by atoms with Crippen LogP contribution in [0.4, 0.5) is 0 Å². The molecule has 2 atom stereocenters. The number of rotatable bonds is 13. The molecule has 0 saturated heterocycles. The minimum absolute atomic E-state index is 0.0119. The molecule has 0 fully saturated rings. The zero-order valence-electron chi connectivity index (χ0n) is 15.0. The molecule has 10 heteroatoms. The number of carbonyl (C=O) groups excluding carboxylic acids is 3. The highest BCUT2D eigenvalue weighted by molar-refractivity contribution is 7.80. The fourth-order valence-corrected chi connectivity index (χ4v) is 2.38. The number of thiocarbonyl (C=S) groups is 1. The lowest BCUT2D eigenvalue weighted by Crippen LogP contribution is -2.51. The van der Waals surface area contributed by atoms with Crippen molar-refractivity contribution < 1.29 is 14.4 Å². The average molecular weight is 392 g/mol. The maximum absolute atomic E-state index is 12.1. The molecule has 0 rings (SSSR count). The molecule has 0 aliphatic heterocycles. The third kappa shape index (κ3) is 11.9. The molecule has 2 unspecified atom stereocenters. The van der Waals surface area contributed by atoms with Crippen LogP contribution in [0.3, 0.4) is 0 Å². The quantitative estimate of drug-likeness (QED) is 0.107. The smallest absolute Gasteiger partial charge is 0.243 e. The van der Waals surface area contributed by atoms with E-state index in [2.05, 4.69) is 39.4 Å². The first-order chi connectivity index (χ1) is 11.8. The molecule has 25 heavy (non-hydrogen) atoms. The maximum atomic E-state index is 12.1. The standard InChI is InChI=1S/C15H29N5O3S2/c1-10(21)12(16-3)6-4-5-7-17-15(23)13(9-24)19-14(22)8-18-20-11(2)25/h12-13,16,18,24H,4-9H2,1-3H3,(H,17,23)(H,19,22)(H,20,25). The van der Waals surface area contributed by atoms with Crippen molar-refractivity contribution in [3.05, 3.63) is 0 Å². The first-order valence-electron chi connectivity index (χ1n) is 8.16. The van der Waals surface area contributed by atoms with Crippen LogP contribution in [-0.2, 0) is 14.4 Å². The summed E-state index contributed by atoms with van der Waals surface area (Å²) in [5.41, 5.74) is 5.28. The fraction of sp³-hybridized carbons (Fsp3) is 0.733. The van der Waals surface area contributed by atoms with E-state index in [0.29, 0.717) is 11.5 Å². The largest absolute Gasteiger partial charge is 0.354 e. The fourth-order valence-electron chi connectivity index (χ4n) is 2.05. The summed E-state index contributed by atoms with van der Waals surface area (Å²) in [6, 6.07) is -0.842. The number of hydrogen-bond acceptors (Lipinski definition) is 7. The molecule has 0 heterocycles. The van der Waals surface area contributed by atoms with Gasteiger partial charge in [-0.15, -0.1) is 0 Å². The lowest BCUT2D eigenvalue weighted by molar-refractivity contribution is -0.128. The van der Waals surface area contributed by atoms with E-state index >= 15 is 0 Å². The molecular weight excluding hydrogens is 362 g/mol. The molecule has 0 aromatic heterocycles. The Morgan fingerprint density at radius 3 is 2.32 bits per heavy atom. The Balaban J connectivity index is 4.02. The van der Waals surface area contributed by atoms with Crippen LogP contribution in [0, 0.1) is 0 Å². The van der Waals surface area contributed by atoms with Gasteiger partial charge < -0.3 is 21.4 Å². The van der Waals surface area contributed by atoms with Gasteiger partial charge in [0.25, 0.3) is 0 Å². The SMILES string of the molecule is CNC(CCCCNC(=O)C(CS)NC(=O)CNNC(C)=S)C(C)=O. The van der Waals surface area contributed by atoms with E-state index < -0.39 is 6.04 Å². The Morgan fingerprint density at radius 1 is 1.12 bits per heavy atom. The van der Waals surface area contributed by atoms with Crippen molar-refractivity contribution in [3.63, 3.8) is 0 Å². The molecule has 0 spiro atoms. The number of Topliss-reactive ketones (excluding diaryl/α,β-unsaturated/α-hetero) is 1. The molecule has 2 amide bonds. The molecule has 0 saturated carbocycles. The Labute approximate surface area is 160 Å². The molecular formula is C15H29N5O3S2. The highest BCUT2D eigenvalue weighted by atomic mass is 32.1. The summed E-state index contributed by atoms with van der Waals surface area (Å²) in [6.45, 7) is 3.71. The predicted molar refractivity (Wildman–Crippen MR) is 106 cm³/mol. The van der Waals surface area contributed by atoms with Crippen molar-refractivity contribution in [2.24, 2.45) is 0 Å². The van der Waals surface area contributed by atoms with E-state index in [1.54, 1.807) is 20.9 Å². The number of thiol groups is 1. The van der Waals surface area contributed by atoms with Gasteiger partial charge >= 0.3 is 0 Å². The number of likely N-dealkylation sites (N-methyl/N-ethyl adjacent to an activating group) is 1. The van der Waals surface area contributed by atoms with Crippen LogP contribution < -0.4 is 26.8 Å². The molecule has 0 aromatic carbocycles. The van der Waals surface area contributed by atoms with E-state index in [1.165, 1.54) is 0 Å². The van der Waals surface area contributed by atoms with E-state index in [9.17, 15) is 14.4 Å². The van der Waals surface area contributed by atoms with Gasteiger partial charge in [0, 0.05) is 12.3 Å². The van der Waals surface area contributed by atoms with Crippen LogP contribution in [0.5, 0.6) is 0 Å². The van der Waals surface area contributed by atoms with Gasteiger partial charge in [-0.3, -0.25) is 14.4 Å². The first kappa shape index (κ1) is 23.8. The number of unbranched alkanes of at least 4 members (excludes halogenated alkanes) is 1. The maximum Gasteiger partial charge on any atom is 0.243 e. The molecule has 0 aromatic rings. The lowest BCUT2D eigenvalue weighted by atomic mass is 10.1. The van der Waals surface area contributed by atoms with Crippen LogP contribution in [0.2, 0.25) is 0 Å². The zero-order chi connectivity index (χ0) is 19.2. The number of carbonyl (C=O) groups is 3. The topological polar surface area (TPSA) is 111 Å². The van der Waals surface area contributed by atoms with Crippen LogP contribution >= 0.6 is 24.8 Å². The normalized spacial score (nSPS) is 12.8. The summed E-state index contributed by atoms with van der Waals surface area (Å²) in [5.74, 6) is -0.310. The summed E-state index contributed by atoms with van der Waals surface area (Å²) >= 11 is 8.90. The van der Waals surface area contributed by atoms with Gasteiger partial charge in [-0.1, -0.05) is 12.2 Å². The van der Waals surface area contributed by atoms with Crippen molar-refractivity contribution in [3.8, 4) is 0 Å². The number of hydrogen-bond donors (Lipinski definition) is 6. The van der Waals surface area contributed by atoms with Gasteiger partial charge in [0.2, 0.25) is 11.8 Å². The summed E-state index contributed by atoms with van der Waals surface area (Å²) in [5, 5.41) is 8.33. The van der Waals surface area contributed by atoms with E-state index in [4.69, 9.17) is 12.2 Å². The number of amides is 2. The van der Waals surface area contributed by atoms with Crippen molar-refractivity contribution in [2.75, 3.05) is 25.9 Å². The second-order valence-corrected chi connectivity index (χ2v) is 6.55. The average Bonchev–Trinajstić information content (AvgIpc) is 2.54. The second kappa shape index (κ2) is 14.0. The molecule has 0 bridgehead atoms. The van der Waals surface area contributed by atoms with Gasteiger partial charge in [0.05, 0.1) is 17.6 Å². The molecule has 5 N–H and O–H groups in total. The summed E-state index contributed by atoms with van der Waals surface area (Å²) in [4.78, 5) is 35.6. The van der Waals surface area contributed by atoms with Gasteiger partial charge in [-0.25, -0.2) is 5.43 Å². The Morgan fingerprint density at radius 2 is 1.80 bits per heavy atom. The van der Waals surface area contributed by atoms with Crippen LogP contribution in [0.25, 0.3) is 0 Å². The summed E-state index contributed by atoms with van der Waals surface area (Å²) in [7, 11) is 1.76. The van der Waals surface area contributed by atoms with E-state index in [0.717, 1.165) is 19.3 Å². The molecule has 0 aliphatic rings. The first-order valence-corrected chi connectivity index (χ1v) is 9.21. The van der Waals surface area contributed by atoms with Crippen molar-refractivity contribution in [1.82, 2.24) is 26.8 Å².